The highest BCUT2D eigenvalue weighted by Crippen LogP contribution is 2.25. The summed E-state index contributed by atoms with van der Waals surface area (Å²) in [5, 5.41) is 3.38. The summed E-state index contributed by atoms with van der Waals surface area (Å²) in [6.45, 7) is 4.22. The fourth-order valence-corrected chi connectivity index (χ4v) is 3.68. The lowest BCUT2D eigenvalue weighted by Crippen LogP contribution is -2.42. The molecule has 0 radical (unpaired) electrons. The van der Waals surface area contributed by atoms with Crippen molar-refractivity contribution in [2.75, 3.05) is 32.8 Å². The number of hydrogen-bond donors (Lipinski definition) is 1. The molecule has 24 heavy (non-hydrogen) atoms. The highest BCUT2D eigenvalue weighted by Gasteiger charge is 2.26. The van der Waals surface area contributed by atoms with Crippen LogP contribution in [-0.2, 0) is 9.53 Å². The lowest BCUT2D eigenvalue weighted by atomic mass is 9.93. The van der Waals surface area contributed by atoms with Crippen LogP contribution in [0.2, 0.25) is 0 Å². The van der Waals surface area contributed by atoms with Gasteiger partial charge >= 0.3 is 0 Å². The van der Waals surface area contributed by atoms with E-state index in [4.69, 9.17) is 4.74 Å². The maximum absolute atomic E-state index is 12.5. The predicted octanol–water partition coefficient (Wildman–Crippen LogP) is 3.55. The Balaban J connectivity index is 0.00000208. The van der Waals surface area contributed by atoms with Crippen LogP contribution in [0.25, 0.3) is 0 Å². The molecule has 2 fully saturated rings. The maximum atomic E-state index is 12.5. The summed E-state index contributed by atoms with van der Waals surface area (Å²) < 4.78 is 6.92. The van der Waals surface area contributed by atoms with E-state index in [0.717, 1.165) is 36.1 Å². The van der Waals surface area contributed by atoms with Gasteiger partial charge in [0.1, 0.15) is 6.10 Å². The maximum Gasteiger partial charge on any atom is 0.222 e. The summed E-state index contributed by atoms with van der Waals surface area (Å²) in [5.41, 5.74) is 1.14. The van der Waals surface area contributed by atoms with E-state index in [2.05, 4.69) is 33.4 Å². The van der Waals surface area contributed by atoms with E-state index in [0.29, 0.717) is 25.5 Å². The molecule has 6 heteroatoms. The summed E-state index contributed by atoms with van der Waals surface area (Å²) in [6.07, 6.45) is 4.12. The first-order chi connectivity index (χ1) is 11.2. The second kappa shape index (κ2) is 9.76. The average molecular weight is 418 g/mol. The molecule has 1 aromatic carbocycles. The van der Waals surface area contributed by atoms with Crippen molar-refractivity contribution in [3.05, 3.63) is 34.3 Å². The molecule has 0 bridgehead atoms. The zero-order chi connectivity index (χ0) is 16.1. The number of benzene rings is 1. The first-order valence-electron chi connectivity index (χ1n) is 8.58. The Kier molecular flexibility index (Phi) is 8.01. The van der Waals surface area contributed by atoms with Crippen LogP contribution >= 0.6 is 28.3 Å². The van der Waals surface area contributed by atoms with Crippen molar-refractivity contribution in [1.82, 2.24) is 10.2 Å². The van der Waals surface area contributed by atoms with E-state index in [1.54, 1.807) is 0 Å². The third kappa shape index (κ3) is 5.45. The fraction of sp³-hybridized carbons (Fsp3) is 0.611. The molecule has 134 valence electrons. The highest BCUT2D eigenvalue weighted by molar-refractivity contribution is 9.10. The van der Waals surface area contributed by atoms with Gasteiger partial charge in [-0.2, -0.15) is 0 Å². The molecule has 0 saturated carbocycles. The fourth-order valence-electron chi connectivity index (χ4n) is 3.41. The lowest BCUT2D eigenvalue weighted by molar-refractivity contribution is -0.139. The van der Waals surface area contributed by atoms with Crippen molar-refractivity contribution in [2.24, 2.45) is 5.92 Å². The van der Waals surface area contributed by atoms with Crippen LogP contribution in [0.3, 0.4) is 0 Å². The highest BCUT2D eigenvalue weighted by atomic mass is 79.9. The molecule has 2 saturated heterocycles. The molecule has 1 N–H and O–H groups in total. The summed E-state index contributed by atoms with van der Waals surface area (Å²) >= 11 is 3.45. The molecular weight excluding hydrogens is 392 g/mol. The van der Waals surface area contributed by atoms with Gasteiger partial charge < -0.3 is 15.0 Å². The number of amides is 1. The van der Waals surface area contributed by atoms with Crippen molar-refractivity contribution in [1.29, 1.82) is 0 Å². The monoisotopic (exact) mass is 416 g/mol. The first-order valence-corrected chi connectivity index (χ1v) is 9.37. The zero-order valence-corrected chi connectivity index (χ0v) is 16.3. The number of piperidine rings is 1. The molecule has 1 aromatic rings. The average Bonchev–Trinajstić information content (AvgIpc) is 2.61. The van der Waals surface area contributed by atoms with Crippen molar-refractivity contribution in [3.8, 4) is 0 Å². The molecule has 2 aliphatic heterocycles. The summed E-state index contributed by atoms with van der Waals surface area (Å²) in [5.74, 6) is 0.998. The van der Waals surface area contributed by atoms with Gasteiger partial charge in [-0.1, -0.05) is 28.1 Å². The van der Waals surface area contributed by atoms with E-state index < -0.39 is 0 Å². The minimum absolute atomic E-state index is 0. The Morgan fingerprint density at radius 2 is 1.96 bits per heavy atom. The molecule has 1 amide bonds. The van der Waals surface area contributed by atoms with Crippen LogP contribution in [0, 0.1) is 5.92 Å². The van der Waals surface area contributed by atoms with E-state index >= 15 is 0 Å². The van der Waals surface area contributed by atoms with Crippen LogP contribution in [0.5, 0.6) is 0 Å². The number of morpholine rings is 1. The number of halogens is 2. The lowest BCUT2D eigenvalue weighted by Gasteiger charge is -2.33. The second-order valence-electron chi connectivity index (χ2n) is 6.48. The summed E-state index contributed by atoms with van der Waals surface area (Å²) in [6, 6.07) is 8.18. The van der Waals surface area contributed by atoms with Crippen molar-refractivity contribution < 1.29 is 9.53 Å². The van der Waals surface area contributed by atoms with Gasteiger partial charge in [-0.3, -0.25) is 4.79 Å². The van der Waals surface area contributed by atoms with Gasteiger partial charge in [0.2, 0.25) is 5.91 Å². The molecule has 0 aromatic heterocycles. The zero-order valence-electron chi connectivity index (χ0n) is 13.9. The molecule has 3 rings (SSSR count). The Bertz CT molecular complexity index is 520. The van der Waals surface area contributed by atoms with Gasteiger partial charge in [0.15, 0.2) is 0 Å². The quantitative estimate of drug-likeness (QED) is 0.814. The molecular formula is C18H26BrClN2O2. The Morgan fingerprint density at radius 1 is 1.25 bits per heavy atom. The smallest absolute Gasteiger partial charge is 0.222 e. The standard InChI is InChI=1S/C18H25BrN2O2.ClH/c19-16-4-2-15(3-5-16)17-13-21(11-12-23-17)18(22)6-1-14-7-9-20-10-8-14;/h2-5,14,17,20H,1,6-13H2;1H. The van der Waals surface area contributed by atoms with E-state index in [-0.39, 0.29) is 24.4 Å². The van der Waals surface area contributed by atoms with Crippen LogP contribution < -0.4 is 5.32 Å². The third-order valence-corrected chi connectivity index (χ3v) is 5.41. The van der Waals surface area contributed by atoms with E-state index in [9.17, 15) is 4.79 Å². The van der Waals surface area contributed by atoms with Crippen LogP contribution in [0.1, 0.15) is 37.4 Å². The van der Waals surface area contributed by atoms with Crippen LogP contribution in [-0.4, -0.2) is 43.6 Å². The number of carbonyl (C=O) groups excluding carboxylic acids is 1. The van der Waals surface area contributed by atoms with Crippen molar-refractivity contribution >= 4 is 34.2 Å². The van der Waals surface area contributed by atoms with E-state index in [1.165, 1.54) is 12.8 Å². The molecule has 2 heterocycles. The second-order valence-corrected chi connectivity index (χ2v) is 7.40. The largest absolute Gasteiger partial charge is 0.370 e. The number of nitrogens with one attached hydrogen (secondary N) is 1. The Morgan fingerprint density at radius 3 is 2.67 bits per heavy atom. The van der Waals surface area contributed by atoms with Crippen molar-refractivity contribution in [3.63, 3.8) is 0 Å². The van der Waals surface area contributed by atoms with Gasteiger partial charge in [-0.05, 0) is 56.0 Å². The van der Waals surface area contributed by atoms with Gasteiger partial charge in [-0.15, -0.1) is 12.4 Å². The number of carbonyl (C=O) groups is 1. The van der Waals surface area contributed by atoms with Gasteiger partial charge in [0.25, 0.3) is 0 Å². The number of rotatable bonds is 4. The first kappa shape index (κ1) is 19.7. The minimum atomic E-state index is -0.000296. The summed E-state index contributed by atoms with van der Waals surface area (Å²) in [7, 11) is 0. The molecule has 0 aliphatic carbocycles. The van der Waals surface area contributed by atoms with Gasteiger partial charge in [0.05, 0.1) is 13.2 Å². The van der Waals surface area contributed by atoms with Crippen molar-refractivity contribution in [2.45, 2.75) is 31.8 Å². The number of ether oxygens (including phenoxy) is 1. The summed E-state index contributed by atoms with van der Waals surface area (Å²) in [4.78, 5) is 14.5. The molecule has 1 unspecified atom stereocenters. The van der Waals surface area contributed by atoms with E-state index in [1.807, 2.05) is 17.0 Å². The van der Waals surface area contributed by atoms with Gasteiger partial charge in [0, 0.05) is 17.4 Å². The minimum Gasteiger partial charge on any atom is -0.370 e. The molecule has 1 atom stereocenters. The molecule has 0 spiro atoms. The molecule has 2 aliphatic rings. The predicted molar refractivity (Wildman–Crippen MR) is 101 cm³/mol. The topological polar surface area (TPSA) is 41.6 Å². The van der Waals surface area contributed by atoms with Gasteiger partial charge in [-0.25, -0.2) is 0 Å². The van der Waals surface area contributed by atoms with Crippen LogP contribution in [0.4, 0.5) is 0 Å². The number of hydrogen-bond acceptors (Lipinski definition) is 3. The molecule has 4 nitrogen and oxygen atoms in total. The third-order valence-electron chi connectivity index (χ3n) is 4.89. The number of nitrogens with zero attached hydrogens (tertiary/aromatic N) is 1. The Labute approximate surface area is 158 Å². The SMILES string of the molecule is Cl.O=C(CCC1CCNCC1)N1CCOC(c2ccc(Br)cc2)C1. The Hall–Kier alpha value is -0.620. The van der Waals surface area contributed by atoms with Crippen LogP contribution in [0.15, 0.2) is 28.7 Å². The normalized spacial score (nSPS) is 22.0.